The van der Waals surface area contributed by atoms with E-state index in [2.05, 4.69) is 12.2 Å². The number of hydrogen-bond donors (Lipinski definition) is 1. The van der Waals surface area contributed by atoms with Gasteiger partial charge in [0.05, 0.1) is 16.8 Å². The summed E-state index contributed by atoms with van der Waals surface area (Å²) < 4.78 is 38.0. The normalized spacial score (nSPS) is 22.0. The summed E-state index contributed by atoms with van der Waals surface area (Å²) in [5, 5.41) is 12.8. The second-order valence-corrected chi connectivity index (χ2v) is 6.56. The number of thioether (sulfide) groups is 1. The van der Waals surface area contributed by atoms with Crippen molar-refractivity contribution in [3.63, 3.8) is 0 Å². The number of rotatable bonds is 4. The van der Waals surface area contributed by atoms with E-state index >= 15 is 0 Å². The Morgan fingerprint density at radius 3 is 2.76 bits per heavy atom. The van der Waals surface area contributed by atoms with Crippen LogP contribution in [-0.4, -0.2) is 17.0 Å². The highest BCUT2D eigenvalue weighted by atomic mass is 32.2. The van der Waals surface area contributed by atoms with Crippen LogP contribution in [0, 0.1) is 11.3 Å². The Labute approximate surface area is 126 Å². The van der Waals surface area contributed by atoms with Crippen LogP contribution in [-0.2, 0) is 6.18 Å². The molecule has 2 rings (SSSR count). The Morgan fingerprint density at radius 1 is 1.38 bits per heavy atom. The van der Waals surface area contributed by atoms with E-state index in [9.17, 15) is 13.2 Å². The first-order valence-electron chi connectivity index (χ1n) is 6.95. The Balaban J connectivity index is 2.19. The third-order valence-corrected chi connectivity index (χ3v) is 4.97. The first-order chi connectivity index (χ1) is 9.95. The van der Waals surface area contributed by atoms with Gasteiger partial charge in [-0.3, -0.25) is 0 Å². The van der Waals surface area contributed by atoms with Gasteiger partial charge in [0.15, 0.2) is 0 Å². The van der Waals surface area contributed by atoms with Crippen molar-refractivity contribution in [1.82, 2.24) is 0 Å². The maximum Gasteiger partial charge on any atom is 0.416 e. The number of hydrogen-bond acceptors (Lipinski definition) is 3. The minimum absolute atomic E-state index is 0.0528. The van der Waals surface area contributed by atoms with Crippen LogP contribution in [0.4, 0.5) is 18.9 Å². The molecule has 2 unspecified atom stereocenters. The van der Waals surface area contributed by atoms with E-state index in [1.807, 2.05) is 17.8 Å². The fourth-order valence-corrected chi connectivity index (χ4v) is 3.84. The molecule has 1 fully saturated rings. The van der Waals surface area contributed by atoms with Crippen molar-refractivity contribution in [3.05, 3.63) is 29.3 Å². The zero-order chi connectivity index (χ0) is 15.5. The number of nitrogens with one attached hydrogen (secondary N) is 1. The standard InChI is InChI=1S/C15H17F3N2S/c1-2-21-14-5-3-4-13(14)20-12-7-6-11(15(16,17)18)8-10(12)9-19/h6-8,13-14,20H,2-5H2,1H3. The van der Waals surface area contributed by atoms with Gasteiger partial charge in [-0.25, -0.2) is 0 Å². The Hall–Kier alpha value is -1.35. The van der Waals surface area contributed by atoms with Gasteiger partial charge in [0.1, 0.15) is 6.07 Å². The fraction of sp³-hybridized carbons (Fsp3) is 0.533. The molecule has 6 heteroatoms. The van der Waals surface area contributed by atoms with Gasteiger partial charge in [-0.1, -0.05) is 13.3 Å². The average molecular weight is 314 g/mol. The van der Waals surface area contributed by atoms with E-state index in [0.717, 1.165) is 37.1 Å². The molecular formula is C15H17F3N2S. The third kappa shape index (κ3) is 3.85. The molecule has 0 saturated heterocycles. The Bertz CT molecular complexity index is 537. The highest BCUT2D eigenvalue weighted by Gasteiger charge is 2.32. The summed E-state index contributed by atoms with van der Waals surface area (Å²) in [5.41, 5.74) is -0.230. The van der Waals surface area contributed by atoms with Crippen LogP contribution >= 0.6 is 11.8 Å². The van der Waals surface area contributed by atoms with Crippen LogP contribution in [0.2, 0.25) is 0 Å². The molecule has 1 aromatic rings. The summed E-state index contributed by atoms with van der Waals surface area (Å²) in [5.74, 6) is 1.01. The number of alkyl halides is 3. The van der Waals surface area contributed by atoms with Gasteiger partial charge >= 0.3 is 6.18 Å². The number of halogens is 3. The molecule has 21 heavy (non-hydrogen) atoms. The third-order valence-electron chi connectivity index (χ3n) is 3.64. The second kappa shape index (κ2) is 6.61. The zero-order valence-electron chi connectivity index (χ0n) is 11.7. The van der Waals surface area contributed by atoms with Crippen molar-refractivity contribution in [3.8, 4) is 6.07 Å². The molecule has 0 amide bonds. The molecule has 1 saturated carbocycles. The van der Waals surface area contributed by atoms with Crippen LogP contribution in [0.1, 0.15) is 37.3 Å². The summed E-state index contributed by atoms with van der Waals surface area (Å²) in [6.07, 6.45) is -1.21. The van der Waals surface area contributed by atoms with E-state index in [1.165, 1.54) is 6.07 Å². The Morgan fingerprint density at radius 2 is 2.14 bits per heavy atom. The molecule has 2 nitrogen and oxygen atoms in total. The van der Waals surface area contributed by atoms with Crippen molar-refractivity contribution >= 4 is 17.4 Å². The van der Waals surface area contributed by atoms with Crippen molar-refractivity contribution < 1.29 is 13.2 Å². The second-order valence-electron chi connectivity index (χ2n) is 5.05. The number of nitrogens with zero attached hydrogens (tertiary/aromatic N) is 1. The highest BCUT2D eigenvalue weighted by Crippen LogP contribution is 2.35. The van der Waals surface area contributed by atoms with Crippen LogP contribution < -0.4 is 5.32 Å². The van der Waals surface area contributed by atoms with Crippen molar-refractivity contribution in [2.45, 2.75) is 43.7 Å². The SMILES string of the molecule is CCSC1CCCC1Nc1ccc(C(F)(F)F)cc1C#N. The minimum atomic E-state index is -4.42. The Kier molecular flexibility index (Phi) is 5.04. The van der Waals surface area contributed by atoms with E-state index in [-0.39, 0.29) is 11.6 Å². The first-order valence-corrected chi connectivity index (χ1v) is 8.00. The van der Waals surface area contributed by atoms with Gasteiger partial charge < -0.3 is 5.32 Å². The molecule has 0 heterocycles. The summed E-state index contributed by atoms with van der Waals surface area (Å²) in [7, 11) is 0. The molecule has 1 aliphatic carbocycles. The highest BCUT2D eigenvalue weighted by molar-refractivity contribution is 7.99. The first kappa shape index (κ1) is 16.0. The van der Waals surface area contributed by atoms with Crippen LogP contribution in [0.15, 0.2) is 18.2 Å². The van der Waals surface area contributed by atoms with Crippen LogP contribution in [0.5, 0.6) is 0 Å². The molecule has 0 aliphatic heterocycles. The van der Waals surface area contributed by atoms with Crippen molar-refractivity contribution in [1.29, 1.82) is 5.26 Å². The fourth-order valence-electron chi connectivity index (χ4n) is 2.64. The summed E-state index contributed by atoms with van der Waals surface area (Å²) in [6, 6.07) is 5.39. The maximum absolute atomic E-state index is 12.7. The monoisotopic (exact) mass is 314 g/mol. The van der Waals surface area contributed by atoms with E-state index in [4.69, 9.17) is 5.26 Å². The van der Waals surface area contributed by atoms with Crippen molar-refractivity contribution in [2.75, 3.05) is 11.1 Å². The summed E-state index contributed by atoms with van der Waals surface area (Å²) in [4.78, 5) is 0. The van der Waals surface area contributed by atoms with Gasteiger partial charge in [-0.05, 0) is 36.8 Å². The topological polar surface area (TPSA) is 35.8 Å². The van der Waals surface area contributed by atoms with Crippen LogP contribution in [0.25, 0.3) is 0 Å². The molecule has 2 atom stereocenters. The lowest BCUT2D eigenvalue weighted by Gasteiger charge is -2.22. The smallest absolute Gasteiger partial charge is 0.380 e. The molecule has 114 valence electrons. The number of benzene rings is 1. The molecule has 0 aromatic heterocycles. The van der Waals surface area contributed by atoms with Gasteiger partial charge in [-0.15, -0.1) is 0 Å². The molecule has 1 aliphatic rings. The quantitative estimate of drug-likeness (QED) is 0.877. The predicted molar refractivity (Wildman–Crippen MR) is 79.3 cm³/mol. The molecular weight excluding hydrogens is 297 g/mol. The van der Waals surface area contributed by atoms with Crippen LogP contribution in [0.3, 0.4) is 0 Å². The van der Waals surface area contributed by atoms with Gasteiger partial charge in [0, 0.05) is 11.3 Å². The number of anilines is 1. The van der Waals surface area contributed by atoms with Gasteiger partial charge in [0.25, 0.3) is 0 Å². The lowest BCUT2D eigenvalue weighted by Crippen LogP contribution is -2.26. The lowest BCUT2D eigenvalue weighted by molar-refractivity contribution is -0.137. The maximum atomic E-state index is 12.7. The summed E-state index contributed by atoms with van der Waals surface area (Å²) >= 11 is 1.86. The van der Waals surface area contributed by atoms with Crippen molar-refractivity contribution in [2.24, 2.45) is 0 Å². The molecule has 0 spiro atoms. The molecule has 1 aromatic carbocycles. The summed E-state index contributed by atoms with van der Waals surface area (Å²) in [6.45, 7) is 2.10. The average Bonchev–Trinajstić information content (AvgIpc) is 2.86. The predicted octanol–water partition coefficient (Wildman–Crippen LogP) is 4.66. The largest absolute Gasteiger partial charge is 0.416 e. The minimum Gasteiger partial charge on any atom is -0.380 e. The molecule has 0 bridgehead atoms. The molecule has 1 N–H and O–H groups in total. The number of nitriles is 1. The van der Waals surface area contributed by atoms with E-state index < -0.39 is 11.7 Å². The lowest BCUT2D eigenvalue weighted by atomic mass is 10.1. The van der Waals surface area contributed by atoms with E-state index in [0.29, 0.717) is 10.9 Å². The van der Waals surface area contributed by atoms with Gasteiger partial charge in [0.2, 0.25) is 0 Å². The zero-order valence-corrected chi connectivity index (χ0v) is 12.5. The van der Waals surface area contributed by atoms with E-state index in [1.54, 1.807) is 0 Å². The van der Waals surface area contributed by atoms with Gasteiger partial charge in [-0.2, -0.15) is 30.2 Å². The molecule has 0 radical (unpaired) electrons.